The van der Waals surface area contributed by atoms with Crippen LogP contribution in [0.4, 0.5) is 0 Å². The topological polar surface area (TPSA) is 42.0 Å². The van der Waals surface area contributed by atoms with Gasteiger partial charge in [0.2, 0.25) is 6.79 Å². The van der Waals surface area contributed by atoms with Gasteiger partial charge in [-0.3, -0.25) is 9.69 Å². The fraction of sp³-hybridized carbons (Fsp3) is 0.562. The standard InChI is InChI=1S/C16H20N2O3/c1-11-9-17(13-3-4-13)6-7-18(11)16(19)12-2-5-14-15(8-12)21-10-20-14/h2,5,8,11,13H,3-4,6-7,9-10H2,1H3. The smallest absolute Gasteiger partial charge is 0.254 e. The van der Waals surface area contributed by atoms with Gasteiger partial charge in [0.25, 0.3) is 5.91 Å². The molecule has 5 nitrogen and oxygen atoms in total. The van der Waals surface area contributed by atoms with Crippen LogP contribution in [-0.4, -0.2) is 54.2 Å². The van der Waals surface area contributed by atoms with Crippen molar-refractivity contribution in [3.63, 3.8) is 0 Å². The van der Waals surface area contributed by atoms with Crippen LogP contribution in [0.25, 0.3) is 0 Å². The summed E-state index contributed by atoms with van der Waals surface area (Å²) in [6.45, 7) is 5.17. The maximum atomic E-state index is 12.7. The van der Waals surface area contributed by atoms with Crippen LogP contribution in [0.1, 0.15) is 30.1 Å². The first-order valence-corrected chi connectivity index (χ1v) is 7.67. The van der Waals surface area contributed by atoms with Crippen LogP contribution in [0.2, 0.25) is 0 Å². The minimum atomic E-state index is 0.0937. The third kappa shape index (κ3) is 2.35. The molecular formula is C16H20N2O3. The number of carbonyl (C=O) groups excluding carboxylic acids is 1. The number of hydrogen-bond acceptors (Lipinski definition) is 4. The predicted octanol–water partition coefficient (Wildman–Crippen LogP) is 1.72. The molecule has 2 aliphatic heterocycles. The first-order chi connectivity index (χ1) is 10.2. The fourth-order valence-electron chi connectivity index (χ4n) is 3.25. The average Bonchev–Trinajstić information content (AvgIpc) is 3.24. The molecule has 0 spiro atoms. The van der Waals surface area contributed by atoms with E-state index in [-0.39, 0.29) is 18.7 Å². The molecule has 5 heteroatoms. The SMILES string of the molecule is CC1CN(C2CC2)CCN1C(=O)c1ccc2c(c1)OCO2. The zero-order valence-electron chi connectivity index (χ0n) is 12.2. The van der Waals surface area contributed by atoms with E-state index in [0.29, 0.717) is 11.3 Å². The second kappa shape index (κ2) is 4.91. The third-order valence-electron chi connectivity index (χ3n) is 4.60. The first kappa shape index (κ1) is 13.0. The Morgan fingerprint density at radius 3 is 2.76 bits per heavy atom. The Bertz CT molecular complexity index is 571. The molecule has 0 aromatic heterocycles. The Labute approximate surface area is 124 Å². The molecule has 1 aromatic rings. The number of carbonyl (C=O) groups is 1. The maximum Gasteiger partial charge on any atom is 0.254 e. The molecule has 1 aliphatic carbocycles. The summed E-state index contributed by atoms with van der Waals surface area (Å²) in [5.41, 5.74) is 0.686. The van der Waals surface area contributed by atoms with Crippen LogP contribution < -0.4 is 9.47 Å². The molecule has 2 heterocycles. The first-order valence-electron chi connectivity index (χ1n) is 7.67. The van der Waals surface area contributed by atoms with Crippen molar-refractivity contribution < 1.29 is 14.3 Å². The number of ether oxygens (including phenoxy) is 2. The molecule has 21 heavy (non-hydrogen) atoms. The molecule has 1 atom stereocenters. The summed E-state index contributed by atoms with van der Waals surface area (Å²) in [4.78, 5) is 17.2. The van der Waals surface area contributed by atoms with Gasteiger partial charge in [0.05, 0.1) is 0 Å². The molecule has 1 aromatic carbocycles. The van der Waals surface area contributed by atoms with Crippen molar-refractivity contribution in [2.75, 3.05) is 26.4 Å². The van der Waals surface area contributed by atoms with Gasteiger partial charge in [-0.05, 0) is 38.0 Å². The summed E-state index contributed by atoms with van der Waals surface area (Å²) >= 11 is 0. The molecule has 0 bridgehead atoms. The molecule has 2 fully saturated rings. The number of rotatable bonds is 2. The van der Waals surface area contributed by atoms with Crippen molar-refractivity contribution in [1.82, 2.24) is 9.80 Å². The summed E-state index contributed by atoms with van der Waals surface area (Å²) < 4.78 is 10.7. The van der Waals surface area contributed by atoms with E-state index in [1.54, 1.807) is 6.07 Å². The highest BCUT2D eigenvalue weighted by Crippen LogP contribution is 2.33. The van der Waals surface area contributed by atoms with Crippen molar-refractivity contribution in [3.05, 3.63) is 23.8 Å². The Balaban J connectivity index is 1.49. The summed E-state index contributed by atoms with van der Waals surface area (Å²) in [5, 5.41) is 0. The lowest BCUT2D eigenvalue weighted by molar-refractivity contribution is 0.0473. The predicted molar refractivity (Wildman–Crippen MR) is 77.7 cm³/mol. The van der Waals surface area contributed by atoms with Crippen molar-refractivity contribution in [3.8, 4) is 11.5 Å². The quantitative estimate of drug-likeness (QED) is 0.831. The highest BCUT2D eigenvalue weighted by molar-refractivity contribution is 5.95. The van der Waals surface area contributed by atoms with Gasteiger partial charge in [-0.2, -0.15) is 0 Å². The molecular weight excluding hydrogens is 268 g/mol. The van der Waals surface area contributed by atoms with E-state index in [1.165, 1.54) is 12.8 Å². The molecule has 1 amide bonds. The van der Waals surface area contributed by atoms with E-state index in [4.69, 9.17) is 9.47 Å². The lowest BCUT2D eigenvalue weighted by atomic mass is 10.1. The van der Waals surface area contributed by atoms with E-state index in [0.717, 1.165) is 31.4 Å². The lowest BCUT2D eigenvalue weighted by Gasteiger charge is -2.40. The van der Waals surface area contributed by atoms with Gasteiger partial charge < -0.3 is 14.4 Å². The largest absolute Gasteiger partial charge is 0.454 e. The van der Waals surface area contributed by atoms with Gasteiger partial charge in [-0.25, -0.2) is 0 Å². The van der Waals surface area contributed by atoms with Gasteiger partial charge in [-0.1, -0.05) is 0 Å². The normalized spacial score (nSPS) is 25.2. The minimum absolute atomic E-state index is 0.0937. The number of fused-ring (bicyclic) bond motifs is 1. The van der Waals surface area contributed by atoms with Crippen LogP contribution in [0.15, 0.2) is 18.2 Å². The number of nitrogens with zero attached hydrogens (tertiary/aromatic N) is 2. The van der Waals surface area contributed by atoms with Crippen molar-refractivity contribution in [2.45, 2.75) is 31.8 Å². The van der Waals surface area contributed by atoms with Gasteiger partial charge >= 0.3 is 0 Å². The molecule has 3 aliphatic rings. The van der Waals surface area contributed by atoms with E-state index >= 15 is 0 Å². The summed E-state index contributed by atoms with van der Waals surface area (Å²) in [7, 11) is 0. The van der Waals surface area contributed by atoms with Crippen molar-refractivity contribution in [2.24, 2.45) is 0 Å². The van der Waals surface area contributed by atoms with Crippen LogP contribution in [-0.2, 0) is 0 Å². The van der Waals surface area contributed by atoms with Gasteiger partial charge in [0.1, 0.15) is 0 Å². The highest BCUT2D eigenvalue weighted by Gasteiger charge is 2.35. The summed E-state index contributed by atoms with van der Waals surface area (Å²) in [6, 6.07) is 6.48. The van der Waals surface area contributed by atoms with Crippen molar-refractivity contribution in [1.29, 1.82) is 0 Å². The second-order valence-electron chi connectivity index (χ2n) is 6.14. The fourth-order valence-corrected chi connectivity index (χ4v) is 3.25. The third-order valence-corrected chi connectivity index (χ3v) is 4.60. The highest BCUT2D eigenvalue weighted by atomic mass is 16.7. The Morgan fingerprint density at radius 1 is 1.19 bits per heavy atom. The maximum absolute atomic E-state index is 12.7. The van der Waals surface area contributed by atoms with Crippen LogP contribution in [0.3, 0.4) is 0 Å². The molecule has 112 valence electrons. The zero-order valence-corrected chi connectivity index (χ0v) is 12.2. The minimum Gasteiger partial charge on any atom is -0.454 e. The lowest BCUT2D eigenvalue weighted by Crippen LogP contribution is -2.54. The van der Waals surface area contributed by atoms with Gasteiger partial charge in [0, 0.05) is 37.3 Å². The summed E-state index contributed by atoms with van der Waals surface area (Å²) in [5.74, 6) is 1.49. The van der Waals surface area contributed by atoms with E-state index in [9.17, 15) is 4.79 Å². The molecule has 1 saturated heterocycles. The number of hydrogen-bond donors (Lipinski definition) is 0. The van der Waals surface area contributed by atoms with Crippen LogP contribution in [0.5, 0.6) is 11.5 Å². The molecule has 0 radical (unpaired) electrons. The van der Waals surface area contributed by atoms with Gasteiger partial charge in [0.15, 0.2) is 11.5 Å². The Hall–Kier alpha value is -1.75. The monoisotopic (exact) mass is 288 g/mol. The van der Waals surface area contributed by atoms with E-state index in [1.807, 2.05) is 17.0 Å². The Morgan fingerprint density at radius 2 is 2.00 bits per heavy atom. The van der Waals surface area contributed by atoms with Gasteiger partial charge in [-0.15, -0.1) is 0 Å². The number of amides is 1. The molecule has 1 unspecified atom stereocenters. The molecule has 1 saturated carbocycles. The number of piperazine rings is 1. The molecule has 4 rings (SSSR count). The Kier molecular flexibility index (Phi) is 3.03. The average molecular weight is 288 g/mol. The summed E-state index contributed by atoms with van der Waals surface area (Å²) in [6.07, 6.45) is 2.64. The van der Waals surface area contributed by atoms with Crippen LogP contribution in [0, 0.1) is 0 Å². The van der Waals surface area contributed by atoms with E-state index < -0.39 is 0 Å². The zero-order chi connectivity index (χ0) is 14.4. The van der Waals surface area contributed by atoms with Crippen molar-refractivity contribution >= 4 is 5.91 Å². The van der Waals surface area contributed by atoms with E-state index in [2.05, 4.69) is 11.8 Å². The second-order valence-corrected chi connectivity index (χ2v) is 6.14. The molecule has 0 N–H and O–H groups in total. The number of benzene rings is 1. The van der Waals surface area contributed by atoms with Crippen LogP contribution >= 0.6 is 0 Å².